The summed E-state index contributed by atoms with van der Waals surface area (Å²) < 4.78 is 1.91. The molecule has 1 heterocycles. The van der Waals surface area contributed by atoms with Gasteiger partial charge in [0.2, 0.25) is 5.43 Å². The van der Waals surface area contributed by atoms with E-state index in [0.29, 0.717) is 16.5 Å². The van der Waals surface area contributed by atoms with Crippen LogP contribution in [0.4, 0.5) is 0 Å². The summed E-state index contributed by atoms with van der Waals surface area (Å²) in [5.74, 6) is -1.20. The number of carboxylic acid groups (broad SMARTS) is 1. The Kier molecular flexibility index (Phi) is 2.64. The van der Waals surface area contributed by atoms with Crippen LogP contribution in [0.25, 0.3) is 10.9 Å². The summed E-state index contributed by atoms with van der Waals surface area (Å²) in [6.07, 6.45) is 3.49. The van der Waals surface area contributed by atoms with Crippen molar-refractivity contribution in [3.63, 3.8) is 0 Å². The number of fused-ring (bicyclic) bond motifs is 1. The number of aromatic nitrogens is 1. The Morgan fingerprint density at radius 1 is 1.42 bits per heavy atom. The molecule has 5 heteroatoms. The topological polar surface area (TPSA) is 59.3 Å². The standard InChI is InChI=1S/C14H12ClNO3/c1-7-4-8(15)5-10-12(7)16(9-2-3-9)6-11(13(10)17)14(18)19/h4-6,9H,2-3H2,1H3,(H,18,19). The predicted octanol–water partition coefficient (Wildman–Crippen LogP) is 3.00. The number of benzene rings is 1. The van der Waals surface area contributed by atoms with Crippen molar-refractivity contribution >= 4 is 28.5 Å². The third-order valence-corrected chi connectivity index (χ3v) is 3.67. The Bertz CT molecular complexity index is 759. The molecule has 3 rings (SSSR count). The zero-order valence-corrected chi connectivity index (χ0v) is 11.1. The second-order valence-electron chi connectivity index (χ2n) is 4.93. The number of aryl methyl sites for hydroxylation is 1. The predicted molar refractivity (Wildman–Crippen MR) is 73.2 cm³/mol. The lowest BCUT2D eigenvalue weighted by Gasteiger charge is -2.13. The average Bonchev–Trinajstić information content (AvgIpc) is 3.13. The Balaban J connectivity index is 2.49. The molecular weight excluding hydrogens is 266 g/mol. The minimum absolute atomic E-state index is 0.193. The maximum absolute atomic E-state index is 12.2. The number of pyridine rings is 1. The van der Waals surface area contributed by atoms with Gasteiger partial charge in [-0.2, -0.15) is 0 Å². The molecule has 0 amide bonds. The first-order chi connectivity index (χ1) is 8.99. The lowest BCUT2D eigenvalue weighted by atomic mass is 10.1. The molecule has 0 unspecified atom stereocenters. The van der Waals surface area contributed by atoms with Gasteiger partial charge in [-0.3, -0.25) is 4.79 Å². The van der Waals surface area contributed by atoms with E-state index < -0.39 is 11.4 Å². The van der Waals surface area contributed by atoms with Gasteiger partial charge in [0, 0.05) is 22.6 Å². The third-order valence-electron chi connectivity index (χ3n) is 3.45. The zero-order chi connectivity index (χ0) is 13.7. The Labute approximate surface area is 114 Å². The van der Waals surface area contributed by atoms with Crippen LogP contribution in [0.5, 0.6) is 0 Å². The molecule has 1 aliphatic rings. The van der Waals surface area contributed by atoms with Crippen molar-refractivity contribution in [3.05, 3.63) is 44.7 Å². The highest BCUT2D eigenvalue weighted by Gasteiger charge is 2.27. The van der Waals surface area contributed by atoms with Gasteiger partial charge in [-0.25, -0.2) is 4.79 Å². The minimum atomic E-state index is -1.20. The molecular formula is C14H12ClNO3. The quantitative estimate of drug-likeness (QED) is 0.918. The molecule has 2 aromatic rings. The highest BCUT2D eigenvalue weighted by Crippen LogP contribution is 2.38. The van der Waals surface area contributed by atoms with E-state index in [9.17, 15) is 9.59 Å². The van der Waals surface area contributed by atoms with Crippen LogP contribution >= 0.6 is 11.6 Å². The lowest BCUT2D eigenvalue weighted by Crippen LogP contribution is -2.19. The Hall–Kier alpha value is -1.81. The van der Waals surface area contributed by atoms with Crippen LogP contribution in [-0.2, 0) is 0 Å². The number of aromatic carboxylic acids is 1. The summed E-state index contributed by atoms with van der Waals surface area (Å²) in [6.45, 7) is 1.88. The molecule has 1 saturated carbocycles. The van der Waals surface area contributed by atoms with Crippen LogP contribution in [0.1, 0.15) is 34.8 Å². The van der Waals surface area contributed by atoms with E-state index >= 15 is 0 Å². The highest BCUT2D eigenvalue weighted by atomic mass is 35.5. The summed E-state index contributed by atoms with van der Waals surface area (Å²) in [5.41, 5.74) is 1.02. The van der Waals surface area contributed by atoms with Gasteiger partial charge in [-0.1, -0.05) is 11.6 Å². The monoisotopic (exact) mass is 277 g/mol. The van der Waals surface area contributed by atoms with E-state index in [1.165, 1.54) is 6.20 Å². The van der Waals surface area contributed by atoms with Gasteiger partial charge in [0.05, 0.1) is 5.52 Å². The van der Waals surface area contributed by atoms with Crippen molar-refractivity contribution in [3.8, 4) is 0 Å². The lowest BCUT2D eigenvalue weighted by molar-refractivity contribution is 0.0695. The van der Waals surface area contributed by atoms with Gasteiger partial charge in [-0.05, 0) is 37.5 Å². The van der Waals surface area contributed by atoms with E-state index in [-0.39, 0.29) is 5.56 Å². The summed E-state index contributed by atoms with van der Waals surface area (Å²) in [7, 11) is 0. The van der Waals surface area contributed by atoms with Crippen molar-refractivity contribution in [2.45, 2.75) is 25.8 Å². The van der Waals surface area contributed by atoms with Gasteiger partial charge in [0.25, 0.3) is 0 Å². The third kappa shape index (κ3) is 1.92. The van der Waals surface area contributed by atoms with Gasteiger partial charge in [0.1, 0.15) is 5.56 Å². The van der Waals surface area contributed by atoms with Crippen LogP contribution in [0.3, 0.4) is 0 Å². The molecule has 0 radical (unpaired) electrons. The number of halogens is 1. The van der Waals surface area contributed by atoms with Crippen LogP contribution in [0.15, 0.2) is 23.1 Å². The molecule has 1 fully saturated rings. The minimum Gasteiger partial charge on any atom is -0.477 e. The van der Waals surface area contributed by atoms with Gasteiger partial charge in [-0.15, -0.1) is 0 Å². The molecule has 4 nitrogen and oxygen atoms in total. The molecule has 1 aromatic carbocycles. The number of hydrogen-bond acceptors (Lipinski definition) is 2. The molecule has 19 heavy (non-hydrogen) atoms. The maximum Gasteiger partial charge on any atom is 0.341 e. The fourth-order valence-corrected chi connectivity index (χ4v) is 2.72. The average molecular weight is 278 g/mol. The Morgan fingerprint density at radius 2 is 2.11 bits per heavy atom. The van der Waals surface area contributed by atoms with E-state index in [4.69, 9.17) is 16.7 Å². The SMILES string of the molecule is Cc1cc(Cl)cc2c(=O)c(C(=O)O)cn(C3CC3)c12. The number of rotatable bonds is 2. The first-order valence-electron chi connectivity index (χ1n) is 6.07. The maximum atomic E-state index is 12.2. The van der Waals surface area contributed by atoms with E-state index in [1.807, 2.05) is 11.5 Å². The fraction of sp³-hybridized carbons (Fsp3) is 0.286. The van der Waals surface area contributed by atoms with E-state index in [2.05, 4.69) is 0 Å². The molecule has 0 bridgehead atoms. The summed E-state index contributed by atoms with van der Waals surface area (Å²) in [4.78, 5) is 23.4. The van der Waals surface area contributed by atoms with Gasteiger partial charge < -0.3 is 9.67 Å². The van der Waals surface area contributed by atoms with Crippen molar-refractivity contribution in [1.82, 2.24) is 4.57 Å². The Morgan fingerprint density at radius 3 is 2.68 bits per heavy atom. The summed E-state index contributed by atoms with van der Waals surface area (Å²) in [6, 6.07) is 3.64. The van der Waals surface area contributed by atoms with Crippen molar-refractivity contribution < 1.29 is 9.90 Å². The molecule has 1 aliphatic carbocycles. The van der Waals surface area contributed by atoms with Crippen LogP contribution in [-0.4, -0.2) is 15.6 Å². The molecule has 98 valence electrons. The van der Waals surface area contributed by atoms with Crippen molar-refractivity contribution in [2.24, 2.45) is 0 Å². The smallest absolute Gasteiger partial charge is 0.341 e. The van der Waals surface area contributed by atoms with Crippen molar-refractivity contribution in [2.75, 3.05) is 0 Å². The number of hydrogen-bond donors (Lipinski definition) is 1. The van der Waals surface area contributed by atoms with E-state index in [0.717, 1.165) is 23.9 Å². The molecule has 0 atom stereocenters. The van der Waals surface area contributed by atoms with Crippen molar-refractivity contribution in [1.29, 1.82) is 0 Å². The van der Waals surface area contributed by atoms with Crippen LogP contribution < -0.4 is 5.43 Å². The molecule has 0 saturated heterocycles. The second kappa shape index (κ2) is 4.10. The molecule has 1 N–H and O–H groups in total. The first kappa shape index (κ1) is 12.2. The number of carbonyl (C=O) groups is 1. The van der Waals surface area contributed by atoms with Crippen LogP contribution in [0, 0.1) is 6.92 Å². The summed E-state index contributed by atoms with van der Waals surface area (Å²) in [5, 5.41) is 9.98. The highest BCUT2D eigenvalue weighted by molar-refractivity contribution is 6.31. The second-order valence-corrected chi connectivity index (χ2v) is 5.37. The first-order valence-corrected chi connectivity index (χ1v) is 6.45. The van der Waals surface area contributed by atoms with E-state index in [1.54, 1.807) is 12.1 Å². The zero-order valence-electron chi connectivity index (χ0n) is 10.3. The summed E-state index contributed by atoms with van der Waals surface area (Å²) >= 11 is 5.98. The van der Waals surface area contributed by atoms with Gasteiger partial charge in [0.15, 0.2) is 0 Å². The molecule has 0 spiro atoms. The fourth-order valence-electron chi connectivity index (χ4n) is 2.45. The molecule has 0 aliphatic heterocycles. The molecule has 1 aromatic heterocycles. The van der Waals surface area contributed by atoms with Gasteiger partial charge >= 0.3 is 5.97 Å². The normalized spacial score (nSPS) is 14.8. The largest absolute Gasteiger partial charge is 0.477 e. The number of nitrogens with zero attached hydrogens (tertiary/aromatic N) is 1. The number of carboxylic acids is 1. The van der Waals surface area contributed by atoms with Crippen LogP contribution in [0.2, 0.25) is 5.02 Å².